The second-order valence-corrected chi connectivity index (χ2v) is 6.34. The van der Waals surface area contributed by atoms with E-state index in [1.54, 1.807) is 38.1 Å². The zero-order valence-corrected chi connectivity index (χ0v) is 15.8. The van der Waals surface area contributed by atoms with Crippen LogP contribution in [0.5, 0.6) is 5.75 Å². The Morgan fingerprint density at radius 2 is 1.70 bits per heavy atom. The average Bonchev–Trinajstić information content (AvgIpc) is 2.67. The summed E-state index contributed by atoms with van der Waals surface area (Å²) in [5, 5.41) is 3.64. The molecule has 1 aliphatic heterocycles. The molecule has 0 saturated carbocycles. The number of anilines is 1. The summed E-state index contributed by atoms with van der Waals surface area (Å²) in [6, 6.07) is 13.2. The molecular weight excluding hydrogens is 370 g/mol. The van der Waals surface area contributed by atoms with E-state index in [-0.39, 0.29) is 19.0 Å². The molecule has 1 aliphatic rings. The number of carbonyl (C=O) groups is 2. The Bertz CT molecular complexity index is 822. The van der Waals surface area contributed by atoms with Crippen molar-refractivity contribution in [3.8, 4) is 5.75 Å². The van der Waals surface area contributed by atoms with Crippen molar-refractivity contribution in [2.75, 3.05) is 18.5 Å². The molecule has 0 amide bonds. The lowest BCUT2D eigenvalue weighted by Crippen LogP contribution is -2.61. The Labute approximate surface area is 162 Å². The minimum absolute atomic E-state index is 0.0905. The van der Waals surface area contributed by atoms with Gasteiger partial charge < -0.3 is 19.5 Å². The van der Waals surface area contributed by atoms with E-state index in [1.807, 2.05) is 18.2 Å². The van der Waals surface area contributed by atoms with Crippen LogP contribution in [0.15, 0.2) is 48.5 Å². The lowest BCUT2D eigenvalue weighted by molar-refractivity contribution is -0.182. The summed E-state index contributed by atoms with van der Waals surface area (Å²) in [5.74, 6) is -1.37. The topological polar surface area (TPSA) is 73.9 Å². The molecule has 7 heteroatoms. The van der Waals surface area contributed by atoms with E-state index in [1.165, 1.54) is 6.07 Å². The minimum Gasteiger partial charge on any atom is -0.462 e. The van der Waals surface area contributed by atoms with E-state index in [0.29, 0.717) is 16.3 Å². The number of ether oxygens (including phenoxy) is 3. The Hall–Kier alpha value is -2.73. The molecule has 2 aromatic carbocycles. The smallest absolute Gasteiger partial charge is 0.365 e. The molecular formula is C20H20ClNO5. The monoisotopic (exact) mass is 389 g/mol. The first-order chi connectivity index (χ1) is 13.0. The molecule has 0 saturated heterocycles. The summed E-state index contributed by atoms with van der Waals surface area (Å²) in [5.41, 5.74) is -0.748. The van der Waals surface area contributed by atoms with Crippen LogP contribution < -0.4 is 10.1 Å². The molecule has 0 radical (unpaired) electrons. The van der Waals surface area contributed by atoms with Crippen molar-refractivity contribution in [3.05, 3.63) is 59.1 Å². The maximum atomic E-state index is 13.0. The molecule has 1 heterocycles. The predicted octanol–water partition coefficient (Wildman–Crippen LogP) is 3.75. The number of fused-ring (bicyclic) bond motifs is 1. The molecule has 1 N–H and O–H groups in total. The largest absolute Gasteiger partial charge is 0.462 e. The lowest BCUT2D eigenvalue weighted by Gasteiger charge is -2.41. The van der Waals surface area contributed by atoms with Crippen LogP contribution in [0.25, 0.3) is 0 Å². The van der Waals surface area contributed by atoms with Crippen LogP contribution >= 0.6 is 11.6 Å². The maximum absolute atomic E-state index is 13.0. The van der Waals surface area contributed by atoms with Crippen molar-refractivity contribution in [1.82, 2.24) is 0 Å². The number of carbonyl (C=O) groups excluding carboxylic acids is 2. The van der Waals surface area contributed by atoms with Gasteiger partial charge in [-0.1, -0.05) is 41.9 Å². The third kappa shape index (κ3) is 3.45. The highest BCUT2D eigenvalue weighted by atomic mass is 35.5. The molecule has 0 aromatic heterocycles. The number of rotatable bonds is 5. The molecule has 3 rings (SSSR count). The summed E-state index contributed by atoms with van der Waals surface area (Å²) in [6.07, 6.45) is 0. The van der Waals surface area contributed by atoms with Crippen LogP contribution in [0.4, 0.5) is 5.69 Å². The highest BCUT2D eigenvalue weighted by Crippen LogP contribution is 2.45. The highest BCUT2D eigenvalue weighted by Gasteiger charge is 2.61. The van der Waals surface area contributed by atoms with Gasteiger partial charge in [0.1, 0.15) is 11.8 Å². The number of nitrogens with one attached hydrogen (secondary N) is 1. The number of esters is 2. The van der Waals surface area contributed by atoms with Gasteiger partial charge in [0.05, 0.1) is 18.9 Å². The summed E-state index contributed by atoms with van der Waals surface area (Å²) in [4.78, 5) is 26.0. The van der Waals surface area contributed by atoms with Crippen LogP contribution in [0.1, 0.15) is 25.5 Å². The lowest BCUT2D eigenvalue weighted by atomic mass is 9.86. The van der Waals surface area contributed by atoms with Crippen molar-refractivity contribution in [1.29, 1.82) is 0 Å². The van der Waals surface area contributed by atoms with E-state index in [2.05, 4.69) is 5.32 Å². The van der Waals surface area contributed by atoms with Crippen molar-refractivity contribution >= 4 is 29.2 Å². The average molecular weight is 390 g/mol. The standard InChI is InChI=1S/C20H20ClNO5/c1-3-25-18(23)20(19(24)26-4-2)17(13-8-6-5-7-9-13)22-15-11-10-14(21)12-16(15)27-20/h5-12,17,22H,3-4H2,1-2H3/t17-/m1/s1. The van der Waals surface area contributed by atoms with Crippen molar-refractivity contribution in [2.45, 2.75) is 25.5 Å². The number of hydrogen-bond acceptors (Lipinski definition) is 6. The highest BCUT2D eigenvalue weighted by molar-refractivity contribution is 6.30. The van der Waals surface area contributed by atoms with E-state index in [0.717, 1.165) is 0 Å². The van der Waals surface area contributed by atoms with Gasteiger partial charge in [-0.05, 0) is 31.5 Å². The van der Waals surface area contributed by atoms with Gasteiger partial charge in [0.2, 0.25) is 0 Å². The van der Waals surface area contributed by atoms with E-state index in [4.69, 9.17) is 25.8 Å². The Kier molecular flexibility index (Phi) is 5.56. The number of halogens is 1. The Morgan fingerprint density at radius 1 is 1.07 bits per heavy atom. The number of benzene rings is 2. The van der Waals surface area contributed by atoms with E-state index >= 15 is 0 Å². The molecule has 2 aromatic rings. The van der Waals surface area contributed by atoms with Gasteiger partial charge in [0.25, 0.3) is 0 Å². The molecule has 142 valence electrons. The van der Waals surface area contributed by atoms with Crippen molar-refractivity contribution < 1.29 is 23.8 Å². The summed E-state index contributed by atoms with van der Waals surface area (Å²) in [7, 11) is 0. The van der Waals surface area contributed by atoms with Crippen molar-refractivity contribution in [2.24, 2.45) is 0 Å². The summed E-state index contributed by atoms with van der Waals surface area (Å²) < 4.78 is 16.4. The zero-order valence-electron chi connectivity index (χ0n) is 15.0. The first kappa shape index (κ1) is 19.0. The van der Waals surface area contributed by atoms with Crippen LogP contribution in [-0.4, -0.2) is 30.8 Å². The van der Waals surface area contributed by atoms with Crippen molar-refractivity contribution in [3.63, 3.8) is 0 Å². The molecule has 0 bridgehead atoms. The fourth-order valence-corrected chi connectivity index (χ4v) is 3.19. The molecule has 0 unspecified atom stereocenters. The fraction of sp³-hybridized carbons (Fsp3) is 0.300. The number of hydrogen-bond donors (Lipinski definition) is 1. The SMILES string of the molecule is CCOC(=O)C1(C(=O)OCC)Oc2cc(Cl)ccc2N[C@@H]1c1ccccc1. The molecule has 27 heavy (non-hydrogen) atoms. The minimum atomic E-state index is -2.04. The van der Waals surface area contributed by atoms with Gasteiger partial charge in [-0.15, -0.1) is 0 Å². The van der Waals surface area contributed by atoms with Crippen LogP contribution in [-0.2, 0) is 19.1 Å². The molecule has 0 aliphatic carbocycles. The third-order valence-corrected chi connectivity index (χ3v) is 4.45. The Morgan fingerprint density at radius 3 is 2.30 bits per heavy atom. The first-order valence-corrected chi connectivity index (χ1v) is 9.05. The van der Waals surface area contributed by atoms with Gasteiger partial charge in [-0.2, -0.15) is 0 Å². The van der Waals surface area contributed by atoms with Gasteiger partial charge >= 0.3 is 17.5 Å². The van der Waals surface area contributed by atoms with E-state index in [9.17, 15) is 9.59 Å². The van der Waals surface area contributed by atoms with Crippen LogP contribution in [0.3, 0.4) is 0 Å². The molecule has 0 fully saturated rings. The normalized spacial score (nSPS) is 17.1. The molecule has 6 nitrogen and oxygen atoms in total. The third-order valence-electron chi connectivity index (χ3n) is 4.21. The second kappa shape index (κ2) is 7.88. The van der Waals surface area contributed by atoms with Crippen LogP contribution in [0, 0.1) is 0 Å². The molecule has 1 atom stereocenters. The predicted molar refractivity (Wildman–Crippen MR) is 101 cm³/mol. The van der Waals surface area contributed by atoms with Gasteiger partial charge in [0, 0.05) is 11.1 Å². The summed E-state index contributed by atoms with van der Waals surface area (Å²) in [6.45, 7) is 3.51. The Balaban J connectivity index is 2.20. The van der Waals surface area contributed by atoms with Gasteiger partial charge in [0.15, 0.2) is 0 Å². The van der Waals surface area contributed by atoms with Gasteiger partial charge in [-0.25, -0.2) is 9.59 Å². The first-order valence-electron chi connectivity index (χ1n) is 8.67. The van der Waals surface area contributed by atoms with Crippen LogP contribution in [0.2, 0.25) is 5.02 Å². The second-order valence-electron chi connectivity index (χ2n) is 5.91. The maximum Gasteiger partial charge on any atom is 0.365 e. The van der Waals surface area contributed by atoms with E-state index < -0.39 is 23.6 Å². The fourth-order valence-electron chi connectivity index (χ4n) is 3.03. The molecule has 0 spiro atoms. The van der Waals surface area contributed by atoms with Gasteiger partial charge in [-0.3, -0.25) is 0 Å². The quantitative estimate of drug-likeness (QED) is 0.620. The summed E-state index contributed by atoms with van der Waals surface area (Å²) >= 11 is 6.06. The zero-order chi connectivity index (χ0) is 19.4.